The summed E-state index contributed by atoms with van der Waals surface area (Å²) < 4.78 is 10.4. The lowest BCUT2D eigenvalue weighted by molar-refractivity contribution is 0.0224. The van der Waals surface area contributed by atoms with Gasteiger partial charge in [-0.05, 0) is 24.6 Å². The predicted octanol–water partition coefficient (Wildman–Crippen LogP) is 3.61. The molecule has 0 heterocycles. The quantitative estimate of drug-likeness (QED) is 0.466. The third kappa shape index (κ3) is 3.48. The smallest absolute Gasteiger partial charge is 0.189 e. The molecule has 0 aliphatic heterocycles. The molecule has 0 aliphatic carbocycles. The average molecular weight is 280 g/mol. The maximum atomic E-state index is 5.99. The highest BCUT2D eigenvalue weighted by atomic mass is 79.9. The Morgan fingerprint density at radius 2 is 2.21 bits per heavy atom. The highest BCUT2D eigenvalue weighted by Crippen LogP contribution is 2.26. The third-order valence-electron chi connectivity index (χ3n) is 1.65. The van der Waals surface area contributed by atoms with Crippen LogP contribution in [-0.4, -0.2) is 13.4 Å². The molecule has 0 atom stereocenters. The van der Waals surface area contributed by atoms with Crippen molar-refractivity contribution in [3.63, 3.8) is 0 Å². The van der Waals surface area contributed by atoms with Gasteiger partial charge in [0.1, 0.15) is 5.75 Å². The minimum Gasteiger partial charge on any atom is -0.466 e. The van der Waals surface area contributed by atoms with Gasteiger partial charge in [-0.15, -0.1) is 0 Å². The lowest BCUT2D eigenvalue weighted by Crippen LogP contribution is -2.02. The van der Waals surface area contributed by atoms with Crippen molar-refractivity contribution in [2.45, 2.75) is 12.3 Å². The van der Waals surface area contributed by atoms with E-state index in [2.05, 4.69) is 15.9 Å². The molecule has 1 rings (SSSR count). The van der Waals surface area contributed by atoms with Crippen LogP contribution in [0.15, 0.2) is 18.2 Å². The van der Waals surface area contributed by atoms with Gasteiger partial charge in [-0.2, -0.15) is 0 Å². The first-order valence-corrected chi connectivity index (χ1v) is 5.82. The van der Waals surface area contributed by atoms with E-state index in [0.29, 0.717) is 17.4 Å². The number of hydrogen-bond donors (Lipinski definition) is 0. The summed E-state index contributed by atoms with van der Waals surface area (Å²) in [6.07, 6.45) is 0. The molecule has 0 aromatic heterocycles. The molecule has 0 N–H and O–H groups in total. The largest absolute Gasteiger partial charge is 0.466 e. The van der Waals surface area contributed by atoms with E-state index < -0.39 is 0 Å². The highest BCUT2D eigenvalue weighted by molar-refractivity contribution is 9.08. The van der Waals surface area contributed by atoms with Crippen molar-refractivity contribution in [1.29, 1.82) is 0 Å². The molecule has 0 bridgehead atoms. The van der Waals surface area contributed by atoms with Crippen LogP contribution in [0.5, 0.6) is 5.75 Å². The Morgan fingerprint density at radius 3 is 2.79 bits per heavy atom. The molecule has 78 valence electrons. The van der Waals surface area contributed by atoms with Crippen LogP contribution in [0.25, 0.3) is 0 Å². The van der Waals surface area contributed by atoms with Crippen LogP contribution in [0.2, 0.25) is 5.02 Å². The maximum Gasteiger partial charge on any atom is 0.189 e. The van der Waals surface area contributed by atoms with Gasteiger partial charge in [-0.1, -0.05) is 33.6 Å². The lowest BCUT2D eigenvalue weighted by atomic mass is 10.2. The molecule has 0 saturated carbocycles. The van der Waals surface area contributed by atoms with E-state index in [0.717, 1.165) is 10.9 Å². The van der Waals surface area contributed by atoms with Gasteiger partial charge in [0, 0.05) is 11.9 Å². The van der Waals surface area contributed by atoms with Crippen LogP contribution in [0, 0.1) is 0 Å². The molecule has 0 spiro atoms. The molecular weight excluding hydrogens is 267 g/mol. The summed E-state index contributed by atoms with van der Waals surface area (Å²) in [7, 11) is 0. The van der Waals surface area contributed by atoms with Crippen LogP contribution in [0.3, 0.4) is 0 Å². The van der Waals surface area contributed by atoms with E-state index in [1.165, 1.54) is 0 Å². The van der Waals surface area contributed by atoms with Gasteiger partial charge in [0.2, 0.25) is 0 Å². The summed E-state index contributed by atoms with van der Waals surface area (Å²) in [5.41, 5.74) is 1.12. The van der Waals surface area contributed by atoms with Crippen molar-refractivity contribution >= 4 is 27.5 Å². The Kier molecular flexibility index (Phi) is 5.30. The molecule has 0 aliphatic rings. The van der Waals surface area contributed by atoms with Crippen molar-refractivity contribution in [2.75, 3.05) is 13.4 Å². The first-order chi connectivity index (χ1) is 6.77. The number of benzene rings is 1. The Labute approximate surface area is 97.3 Å². The molecule has 14 heavy (non-hydrogen) atoms. The van der Waals surface area contributed by atoms with Crippen molar-refractivity contribution < 1.29 is 9.47 Å². The van der Waals surface area contributed by atoms with Gasteiger partial charge in [0.25, 0.3) is 0 Å². The number of alkyl halides is 1. The fourth-order valence-electron chi connectivity index (χ4n) is 0.933. The third-order valence-corrected chi connectivity index (χ3v) is 2.60. The molecular formula is C10H12BrClO2. The van der Waals surface area contributed by atoms with E-state index in [4.69, 9.17) is 21.1 Å². The van der Waals surface area contributed by atoms with Crippen molar-refractivity contribution in [2.24, 2.45) is 0 Å². The van der Waals surface area contributed by atoms with E-state index in [-0.39, 0.29) is 6.79 Å². The Balaban J connectivity index is 2.59. The molecule has 0 saturated heterocycles. The molecule has 1 aromatic carbocycles. The van der Waals surface area contributed by atoms with Crippen LogP contribution in [-0.2, 0) is 10.1 Å². The van der Waals surface area contributed by atoms with Crippen LogP contribution >= 0.6 is 27.5 Å². The van der Waals surface area contributed by atoms with Gasteiger partial charge >= 0.3 is 0 Å². The predicted molar refractivity (Wildman–Crippen MR) is 61.2 cm³/mol. The average Bonchev–Trinajstić information content (AvgIpc) is 2.20. The lowest BCUT2D eigenvalue weighted by Gasteiger charge is -2.08. The highest BCUT2D eigenvalue weighted by Gasteiger charge is 2.01. The standard InChI is InChI=1S/C10H12BrClO2/c1-2-13-7-14-10-4-3-8(6-11)5-9(10)12/h3-5H,2,6-7H2,1H3. The van der Waals surface area contributed by atoms with Gasteiger partial charge in [0.15, 0.2) is 6.79 Å². The second kappa shape index (κ2) is 6.27. The van der Waals surface area contributed by atoms with E-state index in [9.17, 15) is 0 Å². The fraction of sp³-hybridized carbons (Fsp3) is 0.400. The molecule has 0 fully saturated rings. The van der Waals surface area contributed by atoms with Gasteiger partial charge in [-0.25, -0.2) is 0 Å². The summed E-state index contributed by atoms with van der Waals surface area (Å²) in [4.78, 5) is 0. The minimum absolute atomic E-state index is 0.240. The van der Waals surface area contributed by atoms with Crippen molar-refractivity contribution in [3.8, 4) is 5.75 Å². The van der Waals surface area contributed by atoms with Crippen LogP contribution in [0.1, 0.15) is 12.5 Å². The maximum absolute atomic E-state index is 5.99. The summed E-state index contributed by atoms with van der Waals surface area (Å²) in [6.45, 7) is 2.79. The number of rotatable bonds is 5. The Bertz CT molecular complexity index is 291. The van der Waals surface area contributed by atoms with Gasteiger partial charge in [-0.3, -0.25) is 0 Å². The summed E-state index contributed by atoms with van der Waals surface area (Å²) in [5.74, 6) is 0.657. The zero-order valence-corrected chi connectivity index (χ0v) is 10.3. The molecule has 2 nitrogen and oxygen atoms in total. The minimum atomic E-state index is 0.240. The second-order valence-corrected chi connectivity index (χ2v) is 3.62. The molecule has 1 aromatic rings. The topological polar surface area (TPSA) is 18.5 Å². The first-order valence-electron chi connectivity index (χ1n) is 4.33. The SMILES string of the molecule is CCOCOc1ccc(CBr)cc1Cl. The van der Waals surface area contributed by atoms with Gasteiger partial charge < -0.3 is 9.47 Å². The molecule has 0 radical (unpaired) electrons. The summed E-state index contributed by atoms with van der Waals surface area (Å²) in [5, 5.41) is 1.40. The van der Waals surface area contributed by atoms with E-state index in [1.807, 2.05) is 25.1 Å². The van der Waals surface area contributed by atoms with Gasteiger partial charge in [0.05, 0.1) is 5.02 Å². The van der Waals surface area contributed by atoms with E-state index >= 15 is 0 Å². The monoisotopic (exact) mass is 278 g/mol. The van der Waals surface area contributed by atoms with Crippen molar-refractivity contribution in [1.82, 2.24) is 0 Å². The zero-order valence-electron chi connectivity index (χ0n) is 7.93. The van der Waals surface area contributed by atoms with Crippen LogP contribution in [0.4, 0.5) is 0 Å². The molecule has 0 unspecified atom stereocenters. The summed E-state index contributed by atoms with van der Waals surface area (Å²) >= 11 is 9.34. The first kappa shape index (κ1) is 11.8. The Hall–Kier alpha value is -0.250. The van der Waals surface area contributed by atoms with Crippen LogP contribution < -0.4 is 4.74 Å². The van der Waals surface area contributed by atoms with Crippen molar-refractivity contribution in [3.05, 3.63) is 28.8 Å². The number of hydrogen-bond acceptors (Lipinski definition) is 2. The fourth-order valence-corrected chi connectivity index (χ4v) is 1.54. The number of halogens is 2. The number of ether oxygens (including phenoxy) is 2. The van der Waals surface area contributed by atoms with E-state index in [1.54, 1.807) is 0 Å². The summed E-state index contributed by atoms with van der Waals surface area (Å²) in [6, 6.07) is 5.68. The normalized spacial score (nSPS) is 10.2. The molecule has 0 amide bonds. The Morgan fingerprint density at radius 1 is 1.43 bits per heavy atom. The second-order valence-electron chi connectivity index (χ2n) is 2.65. The molecule has 4 heteroatoms. The zero-order chi connectivity index (χ0) is 10.4.